The van der Waals surface area contributed by atoms with Crippen molar-refractivity contribution < 1.29 is 35.9 Å². The van der Waals surface area contributed by atoms with E-state index in [2.05, 4.69) is 25.3 Å². The number of ketones is 1. The van der Waals surface area contributed by atoms with E-state index in [1.807, 2.05) is 0 Å². The number of halogens is 8. The lowest BCUT2D eigenvalue weighted by atomic mass is 10.0. The van der Waals surface area contributed by atoms with Crippen molar-refractivity contribution in [3.8, 4) is 22.5 Å². The highest BCUT2D eigenvalue weighted by atomic mass is 35.5. The van der Waals surface area contributed by atoms with E-state index in [-0.39, 0.29) is 62.9 Å². The summed E-state index contributed by atoms with van der Waals surface area (Å²) in [4.78, 5) is 41.2. The molecule has 7 nitrogen and oxygen atoms in total. The molecule has 0 radical (unpaired) electrons. The van der Waals surface area contributed by atoms with E-state index in [1.165, 1.54) is 24.8 Å². The van der Waals surface area contributed by atoms with Gasteiger partial charge in [-0.15, -0.1) is 0 Å². The van der Waals surface area contributed by atoms with Gasteiger partial charge in [-0.2, -0.15) is 26.3 Å². The molecule has 0 spiro atoms. The predicted octanol–water partition coefficient (Wildman–Crippen LogP) is 10.6. The van der Waals surface area contributed by atoms with Gasteiger partial charge < -0.3 is 5.32 Å². The Hall–Kier alpha value is -4.10. The highest BCUT2D eigenvalue weighted by Gasteiger charge is 2.32. The average molecular weight is 741 g/mol. The maximum absolute atomic E-state index is 13.1. The van der Waals surface area contributed by atoms with Crippen LogP contribution in [0.3, 0.4) is 0 Å². The summed E-state index contributed by atoms with van der Waals surface area (Å²) < 4.78 is 78.3. The van der Waals surface area contributed by atoms with E-state index in [1.54, 1.807) is 0 Å². The van der Waals surface area contributed by atoms with Crippen molar-refractivity contribution in [3.05, 3.63) is 88.1 Å². The first-order valence-corrected chi connectivity index (χ1v) is 16.6. The Kier molecular flexibility index (Phi) is 13.7. The van der Waals surface area contributed by atoms with Crippen molar-refractivity contribution in [1.29, 1.82) is 0 Å². The fraction of sp³-hybridized carbons (Fsp3) is 0.371. The topological polar surface area (TPSA) is 97.7 Å². The molecule has 0 fully saturated rings. The Bertz CT molecular complexity index is 1620. The number of nitrogens with one attached hydrogen (secondary N) is 1. The number of rotatable bonds is 16. The summed E-state index contributed by atoms with van der Waals surface area (Å²) in [6.07, 6.45) is 4.06. The molecule has 4 aromatic rings. The number of carbonyl (C=O) groups excluding carboxylic acids is 2. The third kappa shape index (κ3) is 11.8. The van der Waals surface area contributed by atoms with Gasteiger partial charge in [0.25, 0.3) is 0 Å². The summed E-state index contributed by atoms with van der Waals surface area (Å²) in [7, 11) is 0. The first-order valence-electron chi connectivity index (χ1n) is 15.9. The van der Waals surface area contributed by atoms with Crippen LogP contribution in [0.5, 0.6) is 0 Å². The molecule has 15 heteroatoms. The molecule has 0 saturated heterocycles. The number of amides is 1. The number of hydrogen-bond acceptors (Lipinski definition) is 6. The second-order valence-corrected chi connectivity index (χ2v) is 12.5. The molecule has 0 unspecified atom stereocenters. The van der Waals surface area contributed by atoms with Crippen molar-refractivity contribution in [1.82, 2.24) is 19.9 Å². The third-order valence-corrected chi connectivity index (χ3v) is 8.41. The van der Waals surface area contributed by atoms with Crippen molar-refractivity contribution >= 4 is 40.7 Å². The van der Waals surface area contributed by atoms with Gasteiger partial charge in [0.15, 0.2) is 5.82 Å². The van der Waals surface area contributed by atoms with Gasteiger partial charge in [0.05, 0.1) is 63.3 Å². The number of Topliss-reactive ketones (excluding diaryl/α,β-unsaturated/α-hetero) is 1. The van der Waals surface area contributed by atoms with Gasteiger partial charge in [-0.25, -0.2) is 4.98 Å². The minimum absolute atomic E-state index is 0.00414. The van der Waals surface area contributed by atoms with E-state index in [4.69, 9.17) is 23.2 Å². The van der Waals surface area contributed by atoms with Crippen molar-refractivity contribution in [2.24, 2.45) is 0 Å². The molecule has 0 atom stereocenters. The molecule has 0 bridgehead atoms. The highest BCUT2D eigenvalue weighted by molar-refractivity contribution is 6.33. The quantitative estimate of drug-likeness (QED) is 0.0907. The smallest absolute Gasteiger partial charge is 0.309 e. The molecule has 4 rings (SSSR count). The zero-order valence-electron chi connectivity index (χ0n) is 26.7. The fourth-order valence-corrected chi connectivity index (χ4v) is 5.51. The van der Waals surface area contributed by atoms with E-state index in [0.29, 0.717) is 18.5 Å². The second-order valence-electron chi connectivity index (χ2n) is 11.7. The van der Waals surface area contributed by atoms with Gasteiger partial charge in [0, 0.05) is 30.2 Å². The maximum atomic E-state index is 13.1. The Morgan fingerprint density at radius 2 is 1.08 bits per heavy atom. The Morgan fingerprint density at radius 1 is 0.600 bits per heavy atom. The van der Waals surface area contributed by atoms with Gasteiger partial charge >= 0.3 is 12.4 Å². The summed E-state index contributed by atoms with van der Waals surface area (Å²) in [6.45, 7) is 0. The number of hydrogen-bond donors (Lipinski definition) is 1. The normalized spacial score (nSPS) is 11.8. The minimum Gasteiger partial charge on any atom is -0.309 e. The summed E-state index contributed by atoms with van der Waals surface area (Å²) >= 11 is 12.1. The molecule has 0 aliphatic rings. The zero-order chi connectivity index (χ0) is 36.3. The molecule has 0 aliphatic carbocycles. The standard InChI is InChI=1S/C35H33Cl2F6N5O2/c36-28-13-11-22(34(38,39)40)15-26(28)30-19-44-24(18-45-30)17-25(49)9-7-5-3-1-2-4-6-8-10-33(50)48-32-21-46-31(20-47-32)27-16-23(35(41,42)43)12-14-29(27)37/h11-16,18-21H,1-10,17H2,(H,47,48,50). The molecule has 2 aromatic heterocycles. The summed E-state index contributed by atoms with van der Waals surface area (Å²) in [5.74, 6) is -0.0501. The van der Waals surface area contributed by atoms with Crippen molar-refractivity contribution in [3.63, 3.8) is 0 Å². The van der Waals surface area contributed by atoms with Crippen LogP contribution in [-0.2, 0) is 28.4 Å². The van der Waals surface area contributed by atoms with E-state index >= 15 is 0 Å². The van der Waals surface area contributed by atoms with Gasteiger partial charge in [-0.1, -0.05) is 61.7 Å². The fourth-order valence-electron chi connectivity index (χ4n) is 5.08. The third-order valence-electron chi connectivity index (χ3n) is 7.75. The van der Waals surface area contributed by atoms with E-state index in [0.717, 1.165) is 81.3 Å². The molecular weight excluding hydrogens is 707 g/mol. The van der Waals surface area contributed by atoms with Gasteiger partial charge in [0.2, 0.25) is 5.91 Å². The second kappa shape index (κ2) is 17.7. The molecule has 2 aromatic carbocycles. The van der Waals surface area contributed by atoms with Crippen LogP contribution >= 0.6 is 23.2 Å². The number of nitrogens with zero attached hydrogens (tertiary/aromatic N) is 4. The zero-order valence-corrected chi connectivity index (χ0v) is 28.2. The Balaban J connectivity index is 1.05. The van der Waals surface area contributed by atoms with Crippen molar-refractivity contribution in [2.45, 2.75) is 83.0 Å². The number of aromatic nitrogens is 4. The minimum atomic E-state index is -4.53. The molecule has 266 valence electrons. The Labute approximate surface area is 294 Å². The van der Waals surface area contributed by atoms with Crippen LogP contribution in [0, 0.1) is 0 Å². The molecule has 50 heavy (non-hydrogen) atoms. The molecule has 1 amide bonds. The molecular formula is C35H33Cl2F6N5O2. The lowest BCUT2D eigenvalue weighted by Crippen LogP contribution is -2.12. The molecule has 0 saturated carbocycles. The van der Waals surface area contributed by atoms with Crippen LogP contribution in [0.2, 0.25) is 10.0 Å². The Morgan fingerprint density at radius 3 is 1.54 bits per heavy atom. The van der Waals surface area contributed by atoms with Crippen LogP contribution < -0.4 is 5.32 Å². The number of alkyl halides is 6. The number of anilines is 1. The average Bonchev–Trinajstić information content (AvgIpc) is 3.06. The van der Waals surface area contributed by atoms with Crippen LogP contribution in [0.1, 0.15) is 81.0 Å². The van der Waals surface area contributed by atoms with Crippen LogP contribution in [0.4, 0.5) is 32.2 Å². The van der Waals surface area contributed by atoms with Crippen LogP contribution in [0.15, 0.2) is 61.2 Å². The molecule has 2 heterocycles. The first-order chi connectivity index (χ1) is 23.7. The predicted molar refractivity (Wildman–Crippen MR) is 178 cm³/mol. The van der Waals surface area contributed by atoms with Gasteiger partial charge in [0.1, 0.15) is 5.78 Å². The number of carbonyl (C=O) groups is 2. The van der Waals surface area contributed by atoms with Crippen LogP contribution in [-0.4, -0.2) is 31.6 Å². The van der Waals surface area contributed by atoms with Crippen LogP contribution in [0.25, 0.3) is 22.5 Å². The lowest BCUT2D eigenvalue weighted by Gasteiger charge is -2.10. The van der Waals surface area contributed by atoms with E-state index < -0.39 is 23.5 Å². The van der Waals surface area contributed by atoms with Gasteiger partial charge in [-0.3, -0.25) is 24.5 Å². The van der Waals surface area contributed by atoms with E-state index in [9.17, 15) is 35.9 Å². The largest absolute Gasteiger partial charge is 0.416 e. The summed E-state index contributed by atoms with van der Waals surface area (Å²) in [5.41, 5.74) is -0.734. The maximum Gasteiger partial charge on any atom is 0.416 e. The van der Waals surface area contributed by atoms with Gasteiger partial charge in [-0.05, 0) is 49.2 Å². The summed E-state index contributed by atoms with van der Waals surface area (Å²) in [5, 5.41) is 2.85. The summed E-state index contributed by atoms with van der Waals surface area (Å²) in [6, 6.07) is 5.93. The monoisotopic (exact) mass is 739 g/mol. The number of benzene rings is 2. The lowest BCUT2D eigenvalue weighted by molar-refractivity contribution is -0.138. The molecule has 1 N–H and O–H groups in total. The highest BCUT2D eigenvalue weighted by Crippen LogP contribution is 2.36. The first kappa shape index (κ1) is 38.7. The SMILES string of the molecule is O=C(CCCCCCCCCCC(=O)Nc1cnc(-c2cc(C(F)(F)F)ccc2Cl)cn1)Cc1cnc(-c2cc(C(F)(F)F)ccc2Cl)cn1. The number of unbranched alkanes of at least 4 members (excludes halogenated alkanes) is 7. The molecule has 0 aliphatic heterocycles. The van der Waals surface area contributed by atoms with Crippen molar-refractivity contribution in [2.75, 3.05) is 5.32 Å².